The van der Waals surface area contributed by atoms with E-state index in [0.29, 0.717) is 11.4 Å². The number of nitrogens with one attached hydrogen (secondary N) is 1. The normalized spacial score (nSPS) is 16.5. The summed E-state index contributed by atoms with van der Waals surface area (Å²) in [4.78, 5) is 24.8. The summed E-state index contributed by atoms with van der Waals surface area (Å²) < 4.78 is 1.61. The third-order valence-electron chi connectivity index (χ3n) is 3.54. The van der Waals surface area contributed by atoms with Crippen LogP contribution in [0.15, 0.2) is 41.4 Å². The van der Waals surface area contributed by atoms with Gasteiger partial charge < -0.3 is 15.6 Å². The predicted octanol–water partition coefficient (Wildman–Crippen LogP) is 1.95. The number of carbonyl (C=O) groups is 2. The molecule has 0 fully saturated rings. The van der Waals surface area contributed by atoms with E-state index in [1.165, 1.54) is 0 Å². The van der Waals surface area contributed by atoms with E-state index in [1.54, 1.807) is 35.6 Å². The molecule has 1 atom stereocenters. The van der Waals surface area contributed by atoms with Gasteiger partial charge in [0, 0.05) is 23.9 Å². The number of primary amides is 1. The fourth-order valence-electron chi connectivity index (χ4n) is 2.49. The van der Waals surface area contributed by atoms with Gasteiger partial charge in [-0.3, -0.25) is 9.59 Å². The Balaban J connectivity index is 1.79. The van der Waals surface area contributed by atoms with Crippen LogP contribution in [0.5, 0.6) is 0 Å². The number of hydrogen-bond acceptors (Lipinski definition) is 3. The van der Waals surface area contributed by atoms with Gasteiger partial charge in [-0.2, -0.15) is 0 Å². The zero-order chi connectivity index (χ0) is 15.0. The predicted molar refractivity (Wildman–Crippen MR) is 82.5 cm³/mol. The molecule has 2 aromatic rings. The van der Waals surface area contributed by atoms with Crippen molar-refractivity contribution in [3.05, 3.63) is 47.8 Å². The van der Waals surface area contributed by atoms with E-state index < -0.39 is 5.91 Å². The molecule has 2 heterocycles. The van der Waals surface area contributed by atoms with Gasteiger partial charge in [0.15, 0.2) is 0 Å². The molecule has 108 valence electrons. The fourth-order valence-corrected chi connectivity index (χ4v) is 3.72. The van der Waals surface area contributed by atoms with Gasteiger partial charge in [0.05, 0.1) is 11.6 Å². The molecule has 3 rings (SSSR count). The van der Waals surface area contributed by atoms with E-state index in [4.69, 9.17) is 5.73 Å². The standard InChI is InChI=1S/C15H15N3O2S/c1-18-7-9(6-12(18)14(16)19)17-15(20)11-8-21-13-5-3-2-4-10(11)13/h2-7,11H,8H2,1H3,(H2,16,19)(H,17,20)/t11-/m1/s1. The Hall–Kier alpha value is -2.21. The van der Waals surface area contributed by atoms with Gasteiger partial charge >= 0.3 is 0 Å². The van der Waals surface area contributed by atoms with Crippen LogP contribution in [0.4, 0.5) is 5.69 Å². The lowest BCUT2D eigenvalue weighted by molar-refractivity contribution is -0.117. The Bertz CT molecular complexity index is 723. The largest absolute Gasteiger partial charge is 0.364 e. The van der Waals surface area contributed by atoms with Crippen molar-refractivity contribution in [2.24, 2.45) is 12.8 Å². The first-order valence-corrected chi connectivity index (χ1v) is 7.53. The molecule has 0 saturated heterocycles. The van der Waals surface area contributed by atoms with Gasteiger partial charge in [0.2, 0.25) is 5.91 Å². The van der Waals surface area contributed by atoms with Gasteiger partial charge in [0.1, 0.15) is 5.69 Å². The van der Waals surface area contributed by atoms with E-state index in [1.807, 2.05) is 24.3 Å². The molecule has 6 heteroatoms. The van der Waals surface area contributed by atoms with Crippen LogP contribution in [0.25, 0.3) is 0 Å². The number of carbonyl (C=O) groups excluding carboxylic acids is 2. The second-order valence-corrected chi connectivity index (χ2v) is 6.04. The molecule has 1 aliphatic heterocycles. The molecule has 0 radical (unpaired) electrons. The minimum atomic E-state index is -0.514. The zero-order valence-electron chi connectivity index (χ0n) is 11.5. The number of amides is 2. The number of rotatable bonds is 3. The van der Waals surface area contributed by atoms with Crippen LogP contribution in [0.1, 0.15) is 22.0 Å². The summed E-state index contributed by atoms with van der Waals surface area (Å²) in [6, 6.07) is 9.52. The molecule has 3 N–H and O–H groups in total. The number of hydrogen-bond donors (Lipinski definition) is 2. The van der Waals surface area contributed by atoms with E-state index in [9.17, 15) is 9.59 Å². The molecule has 0 bridgehead atoms. The quantitative estimate of drug-likeness (QED) is 0.909. The summed E-state index contributed by atoms with van der Waals surface area (Å²) in [7, 11) is 1.72. The topological polar surface area (TPSA) is 77.1 Å². The maximum atomic E-state index is 12.4. The Labute approximate surface area is 126 Å². The van der Waals surface area contributed by atoms with Crippen LogP contribution in [0.3, 0.4) is 0 Å². The lowest BCUT2D eigenvalue weighted by atomic mass is 10.0. The second kappa shape index (κ2) is 5.29. The van der Waals surface area contributed by atoms with Crippen LogP contribution < -0.4 is 11.1 Å². The van der Waals surface area contributed by atoms with E-state index in [2.05, 4.69) is 5.32 Å². The number of anilines is 1. The molecular weight excluding hydrogens is 286 g/mol. The van der Waals surface area contributed by atoms with Crippen molar-refractivity contribution in [1.29, 1.82) is 0 Å². The second-order valence-electron chi connectivity index (χ2n) is 4.98. The summed E-state index contributed by atoms with van der Waals surface area (Å²) in [5, 5.41) is 2.86. The van der Waals surface area contributed by atoms with Crippen molar-refractivity contribution in [1.82, 2.24) is 4.57 Å². The summed E-state index contributed by atoms with van der Waals surface area (Å²) in [5.41, 5.74) is 7.29. The highest BCUT2D eigenvalue weighted by molar-refractivity contribution is 7.99. The fraction of sp³-hybridized carbons (Fsp3) is 0.200. The number of aromatic nitrogens is 1. The average Bonchev–Trinajstić information content (AvgIpc) is 3.02. The molecule has 5 nitrogen and oxygen atoms in total. The summed E-state index contributed by atoms with van der Waals surface area (Å²) in [5.74, 6) is -0.00184. The van der Waals surface area contributed by atoms with Crippen molar-refractivity contribution in [2.45, 2.75) is 10.8 Å². The van der Waals surface area contributed by atoms with E-state index in [0.717, 1.165) is 16.2 Å². The first-order valence-electron chi connectivity index (χ1n) is 6.55. The number of aryl methyl sites for hydroxylation is 1. The minimum Gasteiger partial charge on any atom is -0.364 e. The number of benzene rings is 1. The summed E-state index contributed by atoms with van der Waals surface area (Å²) in [6.07, 6.45) is 1.69. The maximum Gasteiger partial charge on any atom is 0.265 e. The van der Waals surface area contributed by atoms with Crippen molar-refractivity contribution in [3.63, 3.8) is 0 Å². The minimum absolute atomic E-state index is 0.0610. The molecule has 0 saturated carbocycles. The van der Waals surface area contributed by atoms with Gasteiger partial charge in [-0.25, -0.2) is 0 Å². The first-order chi connectivity index (χ1) is 10.1. The van der Waals surface area contributed by atoms with Crippen molar-refractivity contribution >= 4 is 29.3 Å². The Morgan fingerprint density at radius 1 is 1.38 bits per heavy atom. The molecule has 1 aromatic carbocycles. The Kier molecular flexibility index (Phi) is 3.47. The van der Waals surface area contributed by atoms with Crippen LogP contribution in [0.2, 0.25) is 0 Å². The Morgan fingerprint density at radius 2 is 2.14 bits per heavy atom. The first kappa shape index (κ1) is 13.8. The molecule has 2 amide bonds. The van der Waals surface area contributed by atoms with Gasteiger partial charge in [-0.15, -0.1) is 11.8 Å². The van der Waals surface area contributed by atoms with Gasteiger partial charge in [-0.1, -0.05) is 18.2 Å². The monoisotopic (exact) mass is 301 g/mol. The highest BCUT2D eigenvalue weighted by Gasteiger charge is 2.29. The smallest absolute Gasteiger partial charge is 0.265 e. The molecular formula is C15H15N3O2S. The molecule has 1 aliphatic rings. The molecule has 0 spiro atoms. The van der Waals surface area contributed by atoms with Crippen LogP contribution in [-0.4, -0.2) is 22.1 Å². The maximum absolute atomic E-state index is 12.4. The number of thioether (sulfide) groups is 1. The van der Waals surface area contributed by atoms with Crippen molar-refractivity contribution in [2.75, 3.05) is 11.1 Å². The molecule has 21 heavy (non-hydrogen) atoms. The van der Waals surface area contributed by atoms with E-state index in [-0.39, 0.29) is 11.8 Å². The van der Waals surface area contributed by atoms with Crippen LogP contribution in [-0.2, 0) is 11.8 Å². The Morgan fingerprint density at radius 3 is 2.86 bits per heavy atom. The van der Waals surface area contributed by atoms with Gasteiger partial charge in [0.25, 0.3) is 5.91 Å². The van der Waals surface area contributed by atoms with Crippen molar-refractivity contribution in [3.8, 4) is 0 Å². The SMILES string of the molecule is Cn1cc(NC(=O)[C@@H]2CSc3ccccc32)cc1C(N)=O. The summed E-state index contributed by atoms with van der Waals surface area (Å²) >= 11 is 1.69. The average molecular weight is 301 g/mol. The molecule has 1 aromatic heterocycles. The van der Waals surface area contributed by atoms with Crippen LogP contribution in [0, 0.1) is 0 Å². The van der Waals surface area contributed by atoms with Crippen molar-refractivity contribution < 1.29 is 9.59 Å². The lowest BCUT2D eigenvalue weighted by Gasteiger charge is -2.10. The number of nitrogens with zero attached hydrogens (tertiary/aromatic N) is 1. The zero-order valence-corrected chi connectivity index (χ0v) is 12.3. The molecule has 0 aliphatic carbocycles. The van der Waals surface area contributed by atoms with Gasteiger partial charge in [-0.05, 0) is 17.7 Å². The summed E-state index contributed by atoms with van der Waals surface area (Å²) in [6.45, 7) is 0. The highest BCUT2D eigenvalue weighted by Crippen LogP contribution is 2.39. The lowest BCUT2D eigenvalue weighted by Crippen LogP contribution is -2.20. The van der Waals surface area contributed by atoms with Crippen LogP contribution >= 0.6 is 11.8 Å². The third kappa shape index (κ3) is 2.54. The third-order valence-corrected chi connectivity index (χ3v) is 4.72. The molecule has 0 unspecified atom stereocenters. The number of nitrogens with two attached hydrogens (primary N) is 1. The number of fused-ring (bicyclic) bond motifs is 1. The van der Waals surface area contributed by atoms with E-state index >= 15 is 0 Å². The highest BCUT2D eigenvalue weighted by atomic mass is 32.2.